The van der Waals surface area contributed by atoms with Crippen LogP contribution in [0.15, 0.2) is 22.6 Å². The first-order chi connectivity index (χ1) is 7.87. The summed E-state index contributed by atoms with van der Waals surface area (Å²) >= 11 is 0. The fraction of sp³-hybridized carbons (Fsp3) is 0.385. The summed E-state index contributed by atoms with van der Waals surface area (Å²) in [5, 5.41) is 9.04. The Kier molecular flexibility index (Phi) is 2.65. The normalized spacial score (nSPS) is 11.9. The quantitative estimate of drug-likeness (QED) is 0.865. The first kappa shape index (κ1) is 11.6. The van der Waals surface area contributed by atoms with Crippen LogP contribution in [0.5, 0.6) is 0 Å². The molecule has 1 aromatic heterocycles. The van der Waals surface area contributed by atoms with Crippen molar-refractivity contribution in [2.75, 3.05) is 0 Å². The highest BCUT2D eigenvalue weighted by Crippen LogP contribution is 2.25. The van der Waals surface area contributed by atoms with Crippen molar-refractivity contribution in [1.82, 2.24) is 4.98 Å². The molecule has 1 aromatic carbocycles. The second-order valence-electron chi connectivity index (χ2n) is 5.30. The molecule has 90 valence electrons. The summed E-state index contributed by atoms with van der Waals surface area (Å²) in [4.78, 5) is 15.3. The van der Waals surface area contributed by atoms with Gasteiger partial charge in [-0.3, -0.25) is 0 Å². The number of aromatic carboxylic acids is 1. The van der Waals surface area contributed by atoms with Crippen molar-refractivity contribution in [3.8, 4) is 0 Å². The van der Waals surface area contributed by atoms with Crippen LogP contribution in [-0.2, 0) is 6.42 Å². The third-order valence-corrected chi connectivity index (χ3v) is 2.38. The van der Waals surface area contributed by atoms with Gasteiger partial charge in [-0.2, -0.15) is 0 Å². The van der Waals surface area contributed by atoms with E-state index >= 15 is 0 Å². The standard InChI is InChI=1S/C13H15NO3/c1-13(2,3)7-10-14-11-8(12(15)16)5-4-6-9(11)17-10/h4-6H,7H2,1-3H3,(H,15,16). The molecule has 0 spiro atoms. The van der Waals surface area contributed by atoms with E-state index in [1.165, 1.54) is 6.07 Å². The zero-order valence-electron chi connectivity index (χ0n) is 10.2. The number of carboxylic acid groups (broad SMARTS) is 1. The van der Waals surface area contributed by atoms with E-state index < -0.39 is 5.97 Å². The Labute approximate surface area is 99.3 Å². The molecule has 1 heterocycles. The first-order valence-electron chi connectivity index (χ1n) is 5.48. The third-order valence-electron chi connectivity index (χ3n) is 2.38. The number of carbonyl (C=O) groups is 1. The molecule has 0 aliphatic heterocycles. The average molecular weight is 233 g/mol. The van der Waals surface area contributed by atoms with E-state index in [1.54, 1.807) is 12.1 Å². The highest BCUT2D eigenvalue weighted by atomic mass is 16.4. The zero-order chi connectivity index (χ0) is 12.6. The van der Waals surface area contributed by atoms with Gasteiger partial charge < -0.3 is 9.52 Å². The largest absolute Gasteiger partial charge is 0.478 e. The lowest BCUT2D eigenvalue weighted by molar-refractivity contribution is 0.0699. The molecule has 0 atom stereocenters. The number of hydrogen-bond acceptors (Lipinski definition) is 3. The number of carboxylic acids is 1. The number of benzene rings is 1. The number of hydrogen-bond donors (Lipinski definition) is 1. The van der Waals surface area contributed by atoms with E-state index in [1.807, 2.05) is 0 Å². The predicted molar refractivity (Wildman–Crippen MR) is 64.1 cm³/mol. The van der Waals surface area contributed by atoms with E-state index in [0.717, 1.165) is 0 Å². The van der Waals surface area contributed by atoms with Gasteiger partial charge in [0, 0.05) is 6.42 Å². The van der Waals surface area contributed by atoms with Gasteiger partial charge in [0.2, 0.25) is 0 Å². The molecule has 0 saturated heterocycles. The molecule has 0 bridgehead atoms. The van der Waals surface area contributed by atoms with Crippen molar-refractivity contribution in [2.24, 2.45) is 5.41 Å². The molecule has 2 aromatic rings. The highest BCUT2D eigenvalue weighted by Gasteiger charge is 2.18. The topological polar surface area (TPSA) is 63.3 Å². The summed E-state index contributed by atoms with van der Waals surface area (Å²) in [6, 6.07) is 4.94. The van der Waals surface area contributed by atoms with Crippen molar-refractivity contribution in [1.29, 1.82) is 0 Å². The van der Waals surface area contributed by atoms with Crippen LogP contribution in [0.3, 0.4) is 0 Å². The molecule has 0 aliphatic rings. The van der Waals surface area contributed by atoms with Crippen LogP contribution in [0.2, 0.25) is 0 Å². The van der Waals surface area contributed by atoms with Gasteiger partial charge in [0.05, 0.1) is 5.56 Å². The molecule has 4 nitrogen and oxygen atoms in total. The number of rotatable bonds is 2. The van der Waals surface area contributed by atoms with E-state index in [9.17, 15) is 4.79 Å². The zero-order valence-corrected chi connectivity index (χ0v) is 10.2. The van der Waals surface area contributed by atoms with Crippen molar-refractivity contribution >= 4 is 17.1 Å². The summed E-state index contributed by atoms with van der Waals surface area (Å²) in [5.74, 6) is -0.396. The van der Waals surface area contributed by atoms with Gasteiger partial charge in [0.1, 0.15) is 5.52 Å². The lowest BCUT2D eigenvalue weighted by atomic mass is 9.92. The highest BCUT2D eigenvalue weighted by molar-refractivity contribution is 6.00. The van der Waals surface area contributed by atoms with Gasteiger partial charge in [-0.15, -0.1) is 0 Å². The Balaban J connectivity index is 2.50. The van der Waals surface area contributed by atoms with Crippen LogP contribution in [0.4, 0.5) is 0 Å². The van der Waals surface area contributed by atoms with Gasteiger partial charge in [-0.1, -0.05) is 26.8 Å². The van der Waals surface area contributed by atoms with Gasteiger partial charge in [-0.25, -0.2) is 9.78 Å². The Morgan fingerprint density at radius 2 is 2.12 bits per heavy atom. The van der Waals surface area contributed by atoms with Crippen LogP contribution in [0.25, 0.3) is 11.1 Å². The van der Waals surface area contributed by atoms with Crippen molar-refractivity contribution < 1.29 is 14.3 Å². The minimum absolute atomic E-state index is 0.0598. The van der Waals surface area contributed by atoms with Crippen molar-refractivity contribution in [3.63, 3.8) is 0 Å². The van der Waals surface area contributed by atoms with Crippen molar-refractivity contribution in [3.05, 3.63) is 29.7 Å². The summed E-state index contributed by atoms with van der Waals surface area (Å²) in [6.07, 6.45) is 0.681. The molecular weight excluding hydrogens is 218 g/mol. The smallest absolute Gasteiger partial charge is 0.338 e. The summed E-state index contributed by atoms with van der Waals surface area (Å²) in [6.45, 7) is 6.25. The Morgan fingerprint density at radius 3 is 2.71 bits per heavy atom. The SMILES string of the molecule is CC(C)(C)Cc1nc2c(C(=O)O)cccc2o1. The van der Waals surface area contributed by atoms with E-state index in [2.05, 4.69) is 25.8 Å². The van der Waals surface area contributed by atoms with Crippen LogP contribution in [-0.4, -0.2) is 16.1 Å². The molecule has 17 heavy (non-hydrogen) atoms. The number of fused-ring (bicyclic) bond motifs is 1. The predicted octanol–water partition coefficient (Wildman–Crippen LogP) is 3.11. The molecule has 2 rings (SSSR count). The maximum absolute atomic E-state index is 11.0. The van der Waals surface area contributed by atoms with Gasteiger partial charge >= 0.3 is 5.97 Å². The lowest BCUT2D eigenvalue weighted by Crippen LogP contribution is -2.09. The maximum atomic E-state index is 11.0. The van der Waals surface area contributed by atoms with Crippen LogP contribution < -0.4 is 0 Å². The maximum Gasteiger partial charge on any atom is 0.338 e. The number of aromatic nitrogens is 1. The van der Waals surface area contributed by atoms with Gasteiger partial charge in [0.25, 0.3) is 0 Å². The molecule has 0 amide bonds. The van der Waals surface area contributed by atoms with Crippen LogP contribution in [0, 0.1) is 5.41 Å². The molecule has 4 heteroatoms. The van der Waals surface area contributed by atoms with Crippen LogP contribution in [0.1, 0.15) is 37.0 Å². The van der Waals surface area contributed by atoms with E-state index in [-0.39, 0.29) is 11.0 Å². The van der Waals surface area contributed by atoms with Gasteiger partial charge in [-0.05, 0) is 17.5 Å². The number of para-hydroxylation sites is 1. The van der Waals surface area contributed by atoms with Crippen molar-refractivity contribution in [2.45, 2.75) is 27.2 Å². The molecule has 0 fully saturated rings. The first-order valence-corrected chi connectivity index (χ1v) is 5.48. The number of nitrogens with zero attached hydrogens (tertiary/aromatic N) is 1. The molecule has 0 radical (unpaired) electrons. The average Bonchev–Trinajstić information content (AvgIpc) is 2.55. The van der Waals surface area contributed by atoms with Gasteiger partial charge in [0.15, 0.2) is 11.5 Å². The third kappa shape index (κ3) is 2.46. The Bertz CT molecular complexity index is 564. The second-order valence-corrected chi connectivity index (χ2v) is 5.30. The Morgan fingerprint density at radius 1 is 1.41 bits per heavy atom. The second kappa shape index (κ2) is 3.87. The minimum Gasteiger partial charge on any atom is -0.478 e. The lowest BCUT2D eigenvalue weighted by Gasteiger charge is -2.14. The summed E-state index contributed by atoms with van der Waals surface area (Å²) in [7, 11) is 0. The van der Waals surface area contributed by atoms with Crippen LogP contribution >= 0.6 is 0 Å². The molecule has 1 N–H and O–H groups in total. The summed E-state index contributed by atoms with van der Waals surface area (Å²) < 4.78 is 5.56. The fourth-order valence-corrected chi connectivity index (χ4v) is 1.70. The molecule has 0 unspecified atom stereocenters. The fourth-order valence-electron chi connectivity index (χ4n) is 1.70. The summed E-state index contributed by atoms with van der Waals surface area (Å²) in [5.41, 5.74) is 1.21. The molecular formula is C13H15NO3. The van der Waals surface area contributed by atoms with E-state index in [4.69, 9.17) is 9.52 Å². The Hall–Kier alpha value is -1.84. The van der Waals surface area contributed by atoms with E-state index in [0.29, 0.717) is 23.4 Å². The molecule has 0 aliphatic carbocycles. The molecule has 0 saturated carbocycles. The number of oxazole rings is 1. The monoisotopic (exact) mass is 233 g/mol. The minimum atomic E-state index is -0.980.